The minimum atomic E-state index is -0.259. The maximum atomic E-state index is 13.6. The minimum absolute atomic E-state index is 0.0780. The fourth-order valence-corrected chi connectivity index (χ4v) is 3.07. The van der Waals surface area contributed by atoms with Crippen molar-refractivity contribution in [2.75, 3.05) is 0 Å². The lowest BCUT2D eigenvalue weighted by Gasteiger charge is -2.05. The van der Waals surface area contributed by atoms with Gasteiger partial charge in [-0.25, -0.2) is 4.39 Å². The Hall–Kier alpha value is -1.76. The molecule has 0 atom stereocenters. The Morgan fingerprint density at radius 3 is 2.75 bits per heavy atom. The maximum Gasteiger partial charge on any atom is 0.277 e. The van der Waals surface area contributed by atoms with E-state index >= 15 is 0 Å². The highest BCUT2D eigenvalue weighted by Crippen LogP contribution is 2.28. The van der Waals surface area contributed by atoms with Gasteiger partial charge in [0.25, 0.3) is 11.1 Å². The number of hydrogen-bond donors (Lipinski definition) is 0. The molecule has 124 valence electrons. The topological polar surface area (TPSA) is 48.2 Å². The van der Waals surface area contributed by atoms with Crippen LogP contribution in [0.5, 0.6) is 5.75 Å². The van der Waals surface area contributed by atoms with Crippen LogP contribution in [0, 0.1) is 5.82 Å². The van der Waals surface area contributed by atoms with E-state index in [1.54, 1.807) is 36.4 Å². The van der Waals surface area contributed by atoms with Gasteiger partial charge in [-0.05, 0) is 29.8 Å². The molecule has 24 heavy (non-hydrogen) atoms. The normalized spacial score (nSPS) is 10.8. The van der Waals surface area contributed by atoms with Crippen molar-refractivity contribution in [3.63, 3.8) is 0 Å². The number of hydrogen-bond acceptors (Lipinski definition) is 5. The van der Waals surface area contributed by atoms with E-state index in [9.17, 15) is 4.39 Å². The fraction of sp³-hybridized carbons (Fsp3) is 0.125. The predicted octanol–water partition coefficient (Wildman–Crippen LogP) is 5.39. The molecule has 0 aliphatic carbocycles. The van der Waals surface area contributed by atoms with E-state index in [2.05, 4.69) is 10.2 Å². The molecule has 0 radical (unpaired) electrons. The molecule has 0 N–H and O–H groups in total. The molecule has 0 aliphatic heterocycles. The Morgan fingerprint density at radius 2 is 1.96 bits per heavy atom. The summed E-state index contributed by atoms with van der Waals surface area (Å²) in [4.78, 5) is 0. The highest BCUT2D eigenvalue weighted by molar-refractivity contribution is 7.98. The summed E-state index contributed by atoms with van der Waals surface area (Å²) < 4.78 is 24.5. The van der Waals surface area contributed by atoms with Crippen molar-refractivity contribution >= 4 is 35.0 Å². The van der Waals surface area contributed by atoms with E-state index in [-0.39, 0.29) is 12.4 Å². The lowest BCUT2D eigenvalue weighted by Crippen LogP contribution is -1.96. The summed E-state index contributed by atoms with van der Waals surface area (Å²) in [6.07, 6.45) is 0. The summed E-state index contributed by atoms with van der Waals surface area (Å²) in [5, 5.41) is 9.06. The molecule has 3 rings (SSSR count). The van der Waals surface area contributed by atoms with Crippen molar-refractivity contribution in [3.05, 3.63) is 69.8 Å². The first-order valence-electron chi connectivity index (χ1n) is 6.88. The number of benzene rings is 2. The molecule has 1 aromatic heterocycles. The molecule has 0 spiro atoms. The average Bonchev–Trinajstić information content (AvgIpc) is 3.01. The summed E-state index contributed by atoms with van der Waals surface area (Å²) in [5.74, 6) is 0.917. The lowest BCUT2D eigenvalue weighted by atomic mass is 10.2. The van der Waals surface area contributed by atoms with Crippen molar-refractivity contribution in [1.82, 2.24) is 10.2 Å². The van der Waals surface area contributed by atoms with Gasteiger partial charge in [0.15, 0.2) is 6.61 Å². The van der Waals surface area contributed by atoms with Crippen LogP contribution in [0.25, 0.3) is 0 Å². The smallest absolute Gasteiger partial charge is 0.277 e. The first-order valence-corrected chi connectivity index (χ1v) is 8.62. The van der Waals surface area contributed by atoms with Crippen LogP contribution in [0.15, 0.2) is 52.1 Å². The van der Waals surface area contributed by atoms with Gasteiger partial charge in [0.05, 0.1) is 5.02 Å². The number of aromatic nitrogens is 2. The molecule has 0 saturated heterocycles. The van der Waals surface area contributed by atoms with Gasteiger partial charge in [-0.1, -0.05) is 53.2 Å². The minimum Gasteiger partial charge on any atom is -0.482 e. The summed E-state index contributed by atoms with van der Waals surface area (Å²) in [6, 6.07) is 11.5. The van der Waals surface area contributed by atoms with E-state index in [0.29, 0.717) is 38.2 Å². The highest BCUT2D eigenvalue weighted by atomic mass is 35.5. The van der Waals surface area contributed by atoms with Crippen molar-refractivity contribution < 1.29 is 13.5 Å². The average molecular weight is 385 g/mol. The van der Waals surface area contributed by atoms with Crippen LogP contribution in [0.2, 0.25) is 10.0 Å². The second kappa shape index (κ2) is 7.88. The molecule has 0 unspecified atom stereocenters. The molecule has 2 aromatic carbocycles. The predicted molar refractivity (Wildman–Crippen MR) is 91.1 cm³/mol. The van der Waals surface area contributed by atoms with Crippen LogP contribution in [0.1, 0.15) is 11.5 Å². The first kappa shape index (κ1) is 17.1. The van der Waals surface area contributed by atoms with Gasteiger partial charge in [-0.3, -0.25) is 0 Å². The molecule has 8 heteroatoms. The van der Waals surface area contributed by atoms with Crippen LogP contribution >= 0.6 is 35.0 Å². The quantitative estimate of drug-likeness (QED) is 0.533. The van der Waals surface area contributed by atoms with E-state index in [1.807, 2.05) is 0 Å². The zero-order chi connectivity index (χ0) is 16.9. The van der Waals surface area contributed by atoms with Crippen LogP contribution in [-0.2, 0) is 12.4 Å². The lowest BCUT2D eigenvalue weighted by molar-refractivity contribution is 0.252. The van der Waals surface area contributed by atoms with Gasteiger partial charge < -0.3 is 9.15 Å². The van der Waals surface area contributed by atoms with Crippen molar-refractivity contribution in [2.45, 2.75) is 17.6 Å². The summed E-state index contributed by atoms with van der Waals surface area (Å²) in [5.41, 5.74) is 0.575. The molecular weight excluding hydrogens is 374 g/mol. The number of thioether (sulfide) groups is 1. The van der Waals surface area contributed by atoms with Crippen LogP contribution < -0.4 is 4.74 Å². The van der Waals surface area contributed by atoms with Crippen molar-refractivity contribution in [1.29, 1.82) is 0 Å². The van der Waals surface area contributed by atoms with E-state index < -0.39 is 0 Å². The summed E-state index contributed by atoms with van der Waals surface area (Å²) in [6.45, 7) is 0.0780. The first-order chi connectivity index (χ1) is 11.6. The molecule has 0 saturated carbocycles. The van der Waals surface area contributed by atoms with Gasteiger partial charge in [0.2, 0.25) is 0 Å². The third kappa shape index (κ3) is 4.41. The Balaban J connectivity index is 1.56. The monoisotopic (exact) mass is 384 g/mol. The largest absolute Gasteiger partial charge is 0.482 e. The molecule has 1 heterocycles. The number of nitrogens with zero attached hydrogens (tertiary/aromatic N) is 2. The highest BCUT2D eigenvalue weighted by Gasteiger charge is 2.10. The molecular formula is C16H11Cl2FN2O2S. The SMILES string of the molecule is Fc1ccccc1CSc1nnc(COc2ccc(Cl)cc2Cl)o1. The zero-order valence-electron chi connectivity index (χ0n) is 12.2. The molecule has 3 aromatic rings. The van der Waals surface area contributed by atoms with Crippen LogP contribution in [-0.4, -0.2) is 10.2 Å². The number of rotatable bonds is 6. The molecule has 0 fully saturated rings. The maximum absolute atomic E-state index is 13.6. The Bertz CT molecular complexity index is 844. The fourth-order valence-electron chi connectivity index (χ4n) is 1.84. The Morgan fingerprint density at radius 1 is 1.12 bits per heavy atom. The van der Waals surface area contributed by atoms with E-state index in [4.69, 9.17) is 32.4 Å². The Labute approximate surface area is 151 Å². The van der Waals surface area contributed by atoms with Gasteiger partial charge in [0, 0.05) is 10.8 Å². The second-order valence-electron chi connectivity index (χ2n) is 4.71. The van der Waals surface area contributed by atoms with Crippen molar-refractivity contribution in [2.24, 2.45) is 0 Å². The van der Waals surface area contributed by atoms with E-state index in [0.717, 1.165) is 0 Å². The molecule has 0 amide bonds. The van der Waals surface area contributed by atoms with Gasteiger partial charge in [-0.15, -0.1) is 10.2 Å². The summed E-state index contributed by atoms with van der Waals surface area (Å²) >= 11 is 13.1. The second-order valence-corrected chi connectivity index (χ2v) is 6.48. The van der Waals surface area contributed by atoms with Crippen molar-refractivity contribution in [3.8, 4) is 5.75 Å². The molecule has 4 nitrogen and oxygen atoms in total. The standard InChI is InChI=1S/C16H11Cl2FN2O2S/c17-11-5-6-14(12(18)7-11)22-8-15-20-21-16(23-15)24-9-10-3-1-2-4-13(10)19/h1-7H,8-9H2. The van der Waals surface area contributed by atoms with E-state index in [1.165, 1.54) is 17.8 Å². The van der Waals surface area contributed by atoms with Gasteiger partial charge >= 0.3 is 0 Å². The zero-order valence-corrected chi connectivity index (χ0v) is 14.5. The summed E-state index contributed by atoms with van der Waals surface area (Å²) in [7, 11) is 0. The van der Waals surface area contributed by atoms with Gasteiger partial charge in [0.1, 0.15) is 11.6 Å². The number of halogens is 3. The number of ether oxygens (including phenoxy) is 1. The Kier molecular flexibility index (Phi) is 5.60. The van der Waals surface area contributed by atoms with Crippen LogP contribution in [0.3, 0.4) is 0 Å². The molecule has 0 aliphatic rings. The van der Waals surface area contributed by atoms with Gasteiger partial charge in [-0.2, -0.15) is 0 Å². The van der Waals surface area contributed by atoms with Crippen LogP contribution in [0.4, 0.5) is 4.39 Å². The molecule has 0 bridgehead atoms. The third-order valence-corrected chi connectivity index (χ3v) is 4.40. The third-order valence-electron chi connectivity index (χ3n) is 3.00.